The third-order valence-corrected chi connectivity index (χ3v) is 3.98. The van der Waals surface area contributed by atoms with Crippen LogP contribution in [0.1, 0.15) is 45.6 Å². The zero-order valence-electron chi connectivity index (χ0n) is 13.8. The highest BCUT2D eigenvalue weighted by molar-refractivity contribution is 5.20. The summed E-state index contributed by atoms with van der Waals surface area (Å²) in [5.74, 6) is 1.22. The van der Waals surface area contributed by atoms with E-state index in [2.05, 4.69) is 63.3 Å². The Morgan fingerprint density at radius 1 is 1.15 bits per heavy atom. The molecule has 1 aromatic carbocycles. The predicted molar refractivity (Wildman–Crippen MR) is 87.2 cm³/mol. The van der Waals surface area contributed by atoms with Crippen LogP contribution >= 0.6 is 0 Å². The van der Waals surface area contributed by atoms with Crippen LogP contribution in [0.2, 0.25) is 0 Å². The number of benzene rings is 1. The van der Waals surface area contributed by atoms with E-state index in [0.717, 1.165) is 26.1 Å². The molecule has 1 rings (SSSR count). The topological polar surface area (TPSA) is 21.3 Å². The van der Waals surface area contributed by atoms with Crippen molar-refractivity contribution in [1.29, 1.82) is 0 Å². The van der Waals surface area contributed by atoms with E-state index in [-0.39, 0.29) is 5.41 Å². The zero-order valence-corrected chi connectivity index (χ0v) is 13.8. The van der Waals surface area contributed by atoms with Gasteiger partial charge in [0, 0.05) is 26.8 Å². The molecular weight excluding hydrogens is 246 g/mol. The highest BCUT2D eigenvalue weighted by Crippen LogP contribution is 2.24. The Balaban J connectivity index is 2.48. The molecule has 0 aromatic heterocycles. The molecule has 0 aliphatic carbocycles. The summed E-state index contributed by atoms with van der Waals surface area (Å²) in [6.45, 7) is 12.1. The number of hydrogen-bond acceptors (Lipinski definition) is 2. The van der Waals surface area contributed by atoms with Crippen LogP contribution in [0.15, 0.2) is 30.3 Å². The number of methoxy groups -OCH3 is 1. The summed E-state index contributed by atoms with van der Waals surface area (Å²) in [5.41, 5.74) is 1.72. The number of rotatable bonds is 9. The number of ether oxygens (including phenoxy) is 1. The van der Waals surface area contributed by atoms with Gasteiger partial charge >= 0.3 is 0 Å². The Morgan fingerprint density at radius 2 is 1.80 bits per heavy atom. The van der Waals surface area contributed by atoms with Gasteiger partial charge in [0.05, 0.1) is 0 Å². The van der Waals surface area contributed by atoms with E-state index in [1.54, 1.807) is 7.11 Å². The molecular formula is C18H31NO. The second kappa shape index (κ2) is 8.43. The highest BCUT2D eigenvalue weighted by atomic mass is 16.5. The Morgan fingerprint density at radius 3 is 2.35 bits per heavy atom. The summed E-state index contributed by atoms with van der Waals surface area (Å²) in [7, 11) is 1.77. The second-order valence-corrected chi connectivity index (χ2v) is 6.80. The van der Waals surface area contributed by atoms with Gasteiger partial charge in [0.15, 0.2) is 0 Å². The first-order valence-corrected chi connectivity index (χ1v) is 7.71. The lowest BCUT2D eigenvalue weighted by Crippen LogP contribution is -2.34. The molecule has 0 spiro atoms. The fourth-order valence-corrected chi connectivity index (χ4v) is 2.47. The normalized spacial score (nSPS) is 13.7. The summed E-state index contributed by atoms with van der Waals surface area (Å²) in [5, 5.41) is 3.66. The molecule has 0 aliphatic heterocycles. The van der Waals surface area contributed by atoms with Crippen molar-refractivity contribution in [2.24, 2.45) is 11.3 Å². The molecule has 0 saturated heterocycles. The van der Waals surface area contributed by atoms with E-state index in [1.807, 2.05) is 0 Å². The third kappa shape index (κ3) is 6.06. The monoisotopic (exact) mass is 277 g/mol. The first-order chi connectivity index (χ1) is 9.46. The molecule has 1 aromatic rings. The first kappa shape index (κ1) is 17.2. The van der Waals surface area contributed by atoms with Crippen LogP contribution in [0.25, 0.3) is 0 Å². The maximum atomic E-state index is 5.18. The van der Waals surface area contributed by atoms with Crippen molar-refractivity contribution in [1.82, 2.24) is 5.32 Å². The average molecular weight is 277 g/mol. The van der Waals surface area contributed by atoms with Crippen LogP contribution in [0.3, 0.4) is 0 Å². The van der Waals surface area contributed by atoms with E-state index in [1.165, 1.54) is 5.56 Å². The third-order valence-electron chi connectivity index (χ3n) is 3.98. The lowest BCUT2D eigenvalue weighted by atomic mass is 9.86. The molecule has 1 unspecified atom stereocenters. The first-order valence-electron chi connectivity index (χ1n) is 7.71. The molecule has 2 heteroatoms. The molecule has 0 aliphatic rings. The van der Waals surface area contributed by atoms with Gasteiger partial charge in [0.25, 0.3) is 0 Å². The van der Waals surface area contributed by atoms with Gasteiger partial charge in [0.2, 0.25) is 0 Å². The Hall–Kier alpha value is -0.860. The Labute approximate surface area is 124 Å². The number of nitrogens with one attached hydrogen (secondary N) is 1. The van der Waals surface area contributed by atoms with Crippen molar-refractivity contribution in [2.75, 3.05) is 26.8 Å². The molecule has 2 nitrogen and oxygen atoms in total. The Kier molecular flexibility index (Phi) is 7.25. The highest BCUT2D eigenvalue weighted by Gasteiger charge is 2.20. The quantitative estimate of drug-likeness (QED) is 0.734. The van der Waals surface area contributed by atoms with Gasteiger partial charge in [0.1, 0.15) is 0 Å². The second-order valence-electron chi connectivity index (χ2n) is 6.80. The van der Waals surface area contributed by atoms with Crippen LogP contribution in [0, 0.1) is 11.3 Å². The fraction of sp³-hybridized carbons (Fsp3) is 0.667. The summed E-state index contributed by atoms with van der Waals surface area (Å²) in [4.78, 5) is 0. The smallest absolute Gasteiger partial charge is 0.0467 e. The van der Waals surface area contributed by atoms with Crippen LogP contribution in [-0.2, 0) is 4.74 Å². The van der Waals surface area contributed by atoms with Crippen molar-refractivity contribution < 1.29 is 4.74 Å². The van der Waals surface area contributed by atoms with Crippen LogP contribution in [0.5, 0.6) is 0 Å². The van der Waals surface area contributed by atoms with E-state index in [0.29, 0.717) is 11.8 Å². The molecule has 114 valence electrons. The van der Waals surface area contributed by atoms with Gasteiger partial charge in [-0.25, -0.2) is 0 Å². The lowest BCUT2D eigenvalue weighted by Gasteiger charge is -2.28. The van der Waals surface area contributed by atoms with Crippen molar-refractivity contribution in [2.45, 2.75) is 40.0 Å². The standard InChI is InChI=1S/C18H31NO/c1-15(2)17(16-9-7-6-8-10-16)13-19-14-18(3,4)11-12-20-5/h6-10,15,17,19H,11-14H2,1-5H3. The van der Waals surface area contributed by atoms with Gasteiger partial charge in [-0.15, -0.1) is 0 Å². The van der Waals surface area contributed by atoms with Crippen LogP contribution < -0.4 is 5.32 Å². The molecule has 1 atom stereocenters. The van der Waals surface area contributed by atoms with Crippen molar-refractivity contribution in [3.05, 3.63) is 35.9 Å². The largest absolute Gasteiger partial charge is 0.385 e. The number of hydrogen-bond donors (Lipinski definition) is 1. The molecule has 0 bridgehead atoms. The van der Waals surface area contributed by atoms with Gasteiger partial charge < -0.3 is 10.1 Å². The fourth-order valence-electron chi connectivity index (χ4n) is 2.47. The van der Waals surface area contributed by atoms with Crippen molar-refractivity contribution >= 4 is 0 Å². The van der Waals surface area contributed by atoms with Crippen molar-refractivity contribution in [3.8, 4) is 0 Å². The summed E-state index contributed by atoms with van der Waals surface area (Å²) in [6.07, 6.45) is 1.09. The molecule has 0 saturated carbocycles. The summed E-state index contributed by atoms with van der Waals surface area (Å²) < 4.78 is 5.18. The molecule has 0 fully saturated rings. The maximum Gasteiger partial charge on any atom is 0.0467 e. The van der Waals surface area contributed by atoms with E-state index < -0.39 is 0 Å². The van der Waals surface area contributed by atoms with E-state index >= 15 is 0 Å². The average Bonchev–Trinajstić information content (AvgIpc) is 2.42. The summed E-state index contributed by atoms with van der Waals surface area (Å²) >= 11 is 0. The predicted octanol–water partition coefficient (Wildman–Crippen LogP) is 4.08. The van der Waals surface area contributed by atoms with Gasteiger partial charge in [-0.2, -0.15) is 0 Å². The maximum absolute atomic E-state index is 5.18. The van der Waals surface area contributed by atoms with Crippen molar-refractivity contribution in [3.63, 3.8) is 0 Å². The van der Waals surface area contributed by atoms with Crippen LogP contribution in [-0.4, -0.2) is 26.8 Å². The van der Waals surface area contributed by atoms with E-state index in [9.17, 15) is 0 Å². The summed E-state index contributed by atoms with van der Waals surface area (Å²) in [6, 6.07) is 10.8. The Bertz CT molecular complexity index is 359. The lowest BCUT2D eigenvalue weighted by molar-refractivity contribution is 0.150. The molecule has 1 N–H and O–H groups in total. The SMILES string of the molecule is COCCC(C)(C)CNCC(c1ccccc1)C(C)C. The minimum absolute atomic E-state index is 0.286. The minimum Gasteiger partial charge on any atom is -0.385 e. The van der Waals surface area contributed by atoms with Crippen LogP contribution in [0.4, 0.5) is 0 Å². The van der Waals surface area contributed by atoms with Gasteiger partial charge in [-0.1, -0.05) is 58.0 Å². The zero-order chi connectivity index (χ0) is 15.0. The van der Waals surface area contributed by atoms with E-state index in [4.69, 9.17) is 4.74 Å². The molecule has 0 amide bonds. The van der Waals surface area contributed by atoms with Gasteiger partial charge in [-0.05, 0) is 29.2 Å². The molecule has 20 heavy (non-hydrogen) atoms. The van der Waals surface area contributed by atoms with Gasteiger partial charge in [-0.3, -0.25) is 0 Å². The minimum atomic E-state index is 0.286. The molecule has 0 radical (unpaired) electrons. The molecule has 0 heterocycles.